The summed E-state index contributed by atoms with van der Waals surface area (Å²) < 4.78 is 52.4. The van der Waals surface area contributed by atoms with Gasteiger partial charge in [0, 0.05) is 32.2 Å². The van der Waals surface area contributed by atoms with Gasteiger partial charge in [0.1, 0.15) is 5.82 Å². The molecule has 1 aliphatic heterocycles. The van der Waals surface area contributed by atoms with Crippen molar-refractivity contribution < 1.29 is 17.6 Å². The maximum Gasteiger partial charge on any atom is 0.419 e. The molecule has 23 heavy (non-hydrogen) atoms. The van der Waals surface area contributed by atoms with Crippen LogP contribution in [0.1, 0.15) is 37.9 Å². The Morgan fingerprint density at radius 2 is 1.65 bits per heavy atom. The second-order valence-electron chi connectivity index (χ2n) is 6.79. The summed E-state index contributed by atoms with van der Waals surface area (Å²) in [6, 6.07) is 3.19. The molecule has 1 heterocycles. The van der Waals surface area contributed by atoms with E-state index in [0.717, 1.165) is 38.3 Å². The molecule has 1 N–H and O–H groups in total. The zero-order valence-electron chi connectivity index (χ0n) is 13.5. The van der Waals surface area contributed by atoms with Crippen LogP contribution in [0.4, 0.5) is 17.6 Å². The monoisotopic (exact) mass is 354 g/mol. The normalized spacial score (nSPS) is 18.4. The van der Waals surface area contributed by atoms with Gasteiger partial charge in [0.2, 0.25) is 0 Å². The first kappa shape index (κ1) is 20.2. The highest BCUT2D eigenvalue weighted by atomic mass is 35.5. The van der Waals surface area contributed by atoms with Gasteiger partial charge in [0.15, 0.2) is 0 Å². The molecule has 0 radical (unpaired) electrons. The SMILES string of the molecule is CC(C)(C)[C@@H](c1ccc(F)c(C(F)(F)F)c1)N1CCNCC1.Cl. The molecule has 7 heteroatoms. The number of benzene rings is 1. The fourth-order valence-corrected chi connectivity index (χ4v) is 3.13. The second-order valence-corrected chi connectivity index (χ2v) is 6.79. The number of nitrogens with zero attached hydrogens (tertiary/aromatic N) is 1. The van der Waals surface area contributed by atoms with Gasteiger partial charge in [0.05, 0.1) is 5.56 Å². The zero-order chi connectivity index (χ0) is 16.5. The predicted molar refractivity (Wildman–Crippen MR) is 85.3 cm³/mol. The Balaban J connectivity index is 0.00000264. The van der Waals surface area contributed by atoms with Crippen LogP contribution in [0.5, 0.6) is 0 Å². The molecule has 132 valence electrons. The van der Waals surface area contributed by atoms with Crippen molar-refractivity contribution in [1.29, 1.82) is 0 Å². The Kier molecular flexibility index (Phi) is 6.47. The van der Waals surface area contributed by atoms with Gasteiger partial charge < -0.3 is 5.32 Å². The Hall–Kier alpha value is -0.850. The van der Waals surface area contributed by atoms with E-state index in [1.807, 2.05) is 20.8 Å². The lowest BCUT2D eigenvalue weighted by Gasteiger charge is -2.42. The molecule has 1 fully saturated rings. The smallest absolute Gasteiger partial charge is 0.314 e. The summed E-state index contributed by atoms with van der Waals surface area (Å²) in [6.45, 7) is 9.13. The van der Waals surface area contributed by atoms with Crippen LogP contribution < -0.4 is 5.32 Å². The van der Waals surface area contributed by atoms with Crippen molar-refractivity contribution in [1.82, 2.24) is 10.2 Å². The van der Waals surface area contributed by atoms with Crippen molar-refractivity contribution >= 4 is 12.4 Å². The number of nitrogens with one attached hydrogen (secondary N) is 1. The van der Waals surface area contributed by atoms with Gasteiger partial charge in [0.25, 0.3) is 0 Å². The zero-order valence-corrected chi connectivity index (χ0v) is 14.3. The van der Waals surface area contributed by atoms with E-state index in [-0.39, 0.29) is 23.9 Å². The lowest BCUT2D eigenvalue weighted by molar-refractivity contribution is -0.140. The minimum atomic E-state index is -4.67. The molecular formula is C16H23ClF4N2. The summed E-state index contributed by atoms with van der Waals surface area (Å²) in [7, 11) is 0. The highest BCUT2D eigenvalue weighted by Crippen LogP contribution is 2.40. The van der Waals surface area contributed by atoms with Crippen molar-refractivity contribution in [2.75, 3.05) is 26.2 Å². The van der Waals surface area contributed by atoms with Gasteiger partial charge >= 0.3 is 6.18 Å². The van der Waals surface area contributed by atoms with Gasteiger partial charge in [-0.3, -0.25) is 4.90 Å². The van der Waals surface area contributed by atoms with Crippen molar-refractivity contribution in [3.63, 3.8) is 0 Å². The third-order valence-electron chi connectivity index (χ3n) is 3.95. The van der Waals surface area contributed by atoms with Gasteiger partial charge in [-0.2, -0.15) is 13.2 Å². The average Bonchev–Trinajstić information content (AvgIpc) is 2.39. The molecule has 1 aromatic carbocycles. The van der Waals surface area contributed by atoms with Gasteiger partial charge in [-0.1, -0.05) is 26.8 Å². The second kappa shape index (κ2) is 7.36. The van der Waals surface area contributed by atoms with Crippen LogP contribution in [0.15, 0.2) is 18.2 Å². The molecule has 0 bridgehead atoms. The largest absolute Gasteiger partial charge is 0.419 e. The minimum absolute atomic E-state index is 0. The first-order chi connectivity index (χ1) is 10.1. The van der Waals surface area contributed by atoms with Crippen LogP contribution in [0, 0.1) is 11.2 Å². The molecule has 0 aromatic heterocycles. The highest BCUT2D eigenvalue weighted by molar-refractivity contribution is 5.85. The third-order valence-corrected chi connectivity index (χ3v) is 3.95. The van der Waals surface area contributed by atoms with Crippen LogP contribution in [0.2, 0.25) is 0 Å². The summed E-state index contributed by atoms with van der Waals surface area (Å²) in [5.74, 6) is -1.22. The molecule has 2 rings (SSSR count). The number of piperazine rings is 1. The van der Waals surface area contributed by atoms with E-state index in [1.54, 1.807) is 0 Å². The van der Waals surface area contributed by atoms with E-state index in [0.29, 0.717) is 5.56 Å². The first-order valence-electron chi connectivity index (χ1n) is 7.42. The molecule has 1 saturated heterocycles. The molecule has 0 amide bonds. The summed E-state index contributed by atoms with van der Waals surface area (Å²) in [6.07, 6.45) is -4.67. The Morgan fingerprint density at radius 3 is 2.13 bits per heavy atom. The van der Waals surface area contributed by atoms with Crippen LogP contribution in [0.3, 0.4) is 0 Å². The summed E-state index contributed by atoms with van der Waals surface area (Å²) in [5.41, 5.74) is -0.921. The van der Waals surface area contributed by atoms with Crippen molar-refractivity contribution in [3.8, 4) is 0 Å². The molecule has 1 atom stereocenters. The highest BCUT2D eigenvalue weighted by Gasteiger charge is 2.37. The molecule has 0 aliphatic carbocycles. The van der Waals surface area contributed by atoms with E-state index >= 15 is 0 Å². The van der Waals surface area contributed by atoms with Crippen molar-refractivity contribution in [2.24, 2.45) is 5.41 Å². The lowest BCUT2D eigenvalue weighted by atomic mass is 9.80. The van der Waals surface area contributed by atoms with Crippen molar-refractivity contribution in [2.45, 2.75) is 33.0 Å². The van der Waals surface area contributed by atoms with Gasteiger partial charge in [-0.15, -0.1) is 12.4 Å². The third kappa shape index (κ3) is 4.81. The maximum absolute atomic E-state index is 13.5. The topological polar surface area (TPSA) is 15.3 Å². The number of rotatable bonds is 2. The number of alkyl halides is 3. The maximum atomic E-state index is 13.5. The summed E-state index contributed by atoms with van der Waals surface area (Å²) in [4.78, 5) is 2.17. The van der Waals surface area contributed by atoms with E-state index in [2.05, 4.69) is 10.2 Å². The predicted octanol–water partition coefficient (Wildman–Crippen LogP) is 4.26. The molecule has 0 saturated carbocycles. The van der Waals surface area contributed by atoms with Crippen LogP contribution >= 0.6 is 12.4 Å². The minimum Gasteiger partial charge on any atom is -0.314 e. The molecule has 1 aromatic rings. The number of hydrogen-bond acceptors (Lipinski definition) is 2. The first-order valence-corrected chi connectivity index (χ1v) is 7.42. The van der Waals surface area contributed by atoms with E-state index in [1.165, 1.54) is 6.07 Å². The Morgan fingerprint density at radius 1 is 1.09 bits per heavy atom. The molecule has 0 unspecified atom stereocenters. The quantitative estimate of drug-likeness (QED) is 0.798. The fourth-order valence-electron chi connectivity index (χ4n) is 3.13. The van der Waals surface area contributed by atoms with Gasteiger partial charge in [-0.05, 0) is 23.1 Å². The number of hydrogen-bond donors (Lipinski definition) is 1. The van der Waals surface area contributed by atoms with E-state index in [9.17, 15) is 17.6 Å². The van der Waals surface area contributed by atoms with Crippen LogP contribution in [-0.4, -0.2) is 31.1 Å². The molecular weight excluding hydrogens is 332 g/mol. The van der Waals surface area contributed by atoms with E-state index < -0.39 is 17.6 Å². The van der Waals surface area contributed by atoms with Gasteiger partial charge in [-0.25, -0.2) is 4.39 Å². The van der Waals surface area contributed by atoms with Crippen LogP contribution in [-0.2, 0) is 6.18 Å². The molecule has 1 aliphatic rings. The van der Waals surface area contributed by atoms with Crippen molar-refractivity contribution in [3.05, 3.63) is 35.1 Å². The Bertz CT molecular complexity index is 520. The standard InChI is InChI=1S/C16H22F4N2.ClH/c1-15(2,3)14(22-8-6-21-7-9-22)11-4-5-13(17)12(10-11)16(18,19)20;/h4-5,10,14,21H,6-9H2,1-3H3;1H/t14-;/m1./s1. The summed E-state index contributed by atoms with van der Waals surface area (Å²) >= 11 is 0. The average molecular weight is 355 g/mol. The lowest BCUT2D eigenvalue weighted by Crippen LogP contribution is -2.48. The molecule has 2 nitrogen and oxygen atoms in total. The Labute approximate surface area is 140 Å². The molecule has 0 spiro atoms. The van der Waals surface area contributed by atoms with Crippen LogP contribution in [0.25, 0.3) is 0 Å². The summed E-state index contributed by atoms with van der Waals surface area (Å²) in [5, 5.41) is 3.24. The fraction of sp³-hybridized carbons (Fsp3) is 0.625. The van der Waals surface area contributed by atoms with E-state index in [4.69, 9.17) is 0 Å². The number of halogens is 5.